The quantitative estimate of drug-likeness (QED) is 0.255. The third kappa shape index (κ3) is 3.83. The van der Waals surface area contributed by atoms with Gasteiger partial charge in [-0.3, -0.25) is 9.69 Å². The van der Waals surface area contributed by atoms with E-state index in [1.807, 2.05) is 72.8 Å². The van der Waals surface area contributed by atoms with Gasteiger partial charge in [-0.1, -0.05) is 60.3 Å². The molecule has 0 spiro atoms. The molecule has 36 heavy (non-hydrogen) atoms. The van der Waals surface area contributed by atoms with E-state index in [-0.39, 0.29) is 11.5 Å². The Hall–Kier alpha value is -4.36. The summed E-state index contributed by atoms with van der Waals surface area (Å²) in [6.45, 7) is 1.59. The van der Waals surface area contributed by atoms with E-state index in [9.17, 15) is 9.59 Å². The van der Waals surface area contributed by atoms with Gasteiger partial charge in [0, 0.05) is 9.79 Å². The summed E-state index contributed by atoms with van der Waals surface area (Å²) in [4.78, 5) is 35.0. The highest BCUT2D eigenvalue weighted by molar-refractivity contribution is 7.99. The predicted octanol–water partition coefficient (Wildman–Crippen LogP) is 6.87. The number of carbonyl (C=O) groups is 2. The zero-order chi connectivity index (χ0) is 24.6. The van der Waals surface area contributed by atoms with Gasteiger partial charge in [0.2, 0.25) is 5.89 Å². The lowest BCUT2D eigenvalue weighted by molar-refractivity contribution is -0.125. The molecule has 1 atom stereocenters. The van der Waals surface area contributed by atoms with Crippen molar-refractivity contribution >= 4 is 46.1 Å². The maximum absolute atomic E-state index is 13.7. The minimum Gasteiger partial charge on any atom is -0.449 e. The first-order chi connectivity index (χ1) is 17.6. The number of benzene rings is 4. The van der Waals surface area contributed by atoms with Crippen molar-refractivity contribution in [2.45, 2.75) is 22.8 Å². The second-order valence-electron chi connectivity index (χ2n) is 8.29. The minimum absolute atomic E-state index is 0.277. The summed E-state index contributed by atoms with van der Waals surface area (Å²) in [5.74, 6) is -0.636. The number of aromatic nitrogens is 1. The molecule has 1 aliphatic rings. The van der Waals surface area contributed by atoms with Crippen LogP contribution in [0.15, 0.2) is 111 Å². The maximum Gasteiger partial charge on any atom is 0.339 e. The number of fused-ring (bicyclic) bond motifs is 3. The molecule has 1 aromatic heterocycles. The Morgan fingerprint density at radius 1 is 0.833 bits per heavy atom. The van der Waals surface area contributed by atoms with E-state index in [0.29, 0.717) is 22.6 Å². The first kappa shape index (κ1) is 22.1. The van der Waals surface area contributed by atoms with Crippen LogP contribution in [-0.4, -0.2) is 23.0 Å². The van der Waals surface area contributed by atoms with Crippen molar-refractivity contribution in [3.63, 3.8) is 0 Å². The van der Waals surface area contributed by atoms with Crippen LogP contribution in [0.5, 0.6) is 0 Å². The van der Waals surface area contributed by atoms with E-state index in [1.54, 1.807) is 47.9 Å². The maximum atomic E-state index is 13.7. The molecule has 0 N–H and O–H groups in total. The van der Waals surface area contributed by atoms with Crippen molar-refractivity contribution in [2.24, 2.45) is 0 Å². The van der Waals surface area contributed by atoms with E-state index in [2.05, 4.69) is 4.98 Å². The molecular weight excluding hydrogens is 472 g/mol. The number of hydrogen-bond donors (Lipinski definition) is 0. The third-order valence-electron chi connectivity index (χ3n) is 5.96. The molecule has 6 nitrogen and oxygen atoms in total. The van der Waals surface area contributed by atoms with Gasteiger partial charge < -0.3 is 9.15 Å². The lowest BCUT2D eigenvalue weighted by Gasteiger charge is -2.32. The predicted molar refractivity (Wildman–Crippen MR) is 138 cm³/mol. The van der Waals surface area contributed by atoms with Crippen LogP contribution in [0.25, 0.3) is 22.6 Å². The topological polar surface area (TPSA) is 72.6 Å². The molecule has 0 saturated carbocycles. The summed E-state index contributed by atoms with van der Waals surface area (Å²) in [5.41, 5.74) is 3.63. The van der Waals surface area contributed by atoms with Crippen molar-refractivity contribution < 1.29 is 18.7 Å². The largest absolute Gasteiger partial charge is 0.449 e. The van der Waals surface area contributed by atoms with Crippen LogP contribution in [0.3, 0.4) is 0 Å². The van der Waals surface area contributed by atoms with Gasteiger partial charge in [0.15, 0.2) is 11.7 Å². The number of oxazole rings is 1. The molecule has 5 aromatic rings. The van der Waals surface area contributed by atoms with Crippen LogP contribution in [0, 0.1) is 0 Å². The molecule has 0 aliphatic carbocycles. The third-order valence-corrected chi connectivity index (χ3v) is 7.09. The Morgan fingerprint density at radius 3 is 2.17 bits per heavy atom. The average molecular weight is 493 g/mol. The number of rotatable bonds is 4. The Balaban J connectivity index is 1.30. The first-order valence-corrected chi connectivity index (χ1v) is 12.3. The Labute approximate surface area is 211 Å². The van der Waals surface area contributed by atoms with Crippen LogP contribution < -0.4 is 4.90 Å². The fourth-order valence-corrected chi connectivity index (χ4v) is 5.29. The lowest BCUT2D eigenvalue weighted by atomic mass is 10.1. The molecular formula is C29H20N2O4S. The van der Waals surface area contributed by atoms with Crippen LogP contribution >= 0.6 is 11.8 Å². The number of esters is 1. The van der Waals surface area contributed by atoms with E-state index in [0.717, 1.165) is 21.2 Å². The molecule has 4 aromatic carbocycles. The summed E-state index contributed by atoms with van der Waals surface area (Å²) in [6.07, 6.45) is -1.03. The van der Waals surface area contributed by atoms with Crippen LogP contribution in [0.1, 0.15) is 17.3 Å². The summed E-state index contributed by atoms with van der Waals surface area (Å²) < 4.78 is 11.6. The SMILES string of the molecule is CC(OC(=O)c1ccccc1-c1nc2ccccc2o1)C(=O)N1c2ccccc2Sc2ccccc21. The molecule has 0 bridgehead atoms. The number of anilines is 2. The molecule has 1 amide bonds. The van der Waals surface area contributed by atoms with Gasteiger partial charge in [-0.2, -0.15) is 0 Å². The number of nitrogens with zero attached hydrogens (tertiary/aromatic N) is 2. The van der Waals surface area contributed by atoms with E-state index in [1.165, 1.54) is 0 Å². The number of hydrogen-bond acceptors (Lipinski definition) is 6. The molecule has 1 aliphatic heterocycles. The van der Waals surface area contributed by atoms with Crippen LogP contribution in [0.2, 0.25) is 0 Å². The van der Waals surface area contributed by atoms with Crippen molar-refractivity contribution in [2.75, 3.05) is 4.90 Å². The summed E-state index contributed by atoms with van der Waals surface area (Å²) in [6, 6.07) is 29.7. The van der Waals surface area contributed by atoms with Gasteiger partial charge in [0.05, 0.1) is 22.5 Å². The van der Waals surface area contributed by atoms with Gasteiger partial charge in [-0.25, -0.2) is 9.78 Å². The van der Waals surface area contributed by atoms with Gasteiger partial charge in [-0.05, 0) is 55.5 Å². The smallest absolute Gasteiger partial charge is 0.339 e. The Bertz CT molecular complexity index is 1550. The van der Waals surface area contributed by atoms with Gasteiger partial charge in [0.25, 0.3) is 5.91 Å². The normalized spacial score (nSPS) is 13.1. The molecule has 0 fully saturated rings. The average Bonchev–Trinajstić information content (AvgIpc) is 3.35. The van der Waals surface area contributed by atoms with Crippen molar-refractivity contribution in [3.05, 3.63) is 103 Å². The minimum atomic E-state index is -1.03. The molecule has 176 valence electrons. The Morgan fingerprint density at radius 2 is 1.44 bits per heavy atom. The van der Waals surface area contributed by atoms with E-state index < -0.39 is 12.1 Å². The van der Waals surface area contributed by atoms with Gasteiger partial charge >= 0.3 is 5.97 Å². The highest BCUT2D eigenvalue weighted by Gasteiger charge is 2.33. The molecule has 2 heterocycles. The summed E-state index contributed by atoms with van der Waals surface area (Å²) >= 11 is 1.61. The van der Waals surface area contributed by atoms with Crippen molar-refractivity contribution in [3.8, 4) is 11.5 Å². The number of para-hydroxylation sites is 4. The van der Waals surface area contributed by atoms with Crippen LogP contribution in [0.4, 0.5) is 11.4 Å². The Kier molecular flexibility index (Phi) is 5.54. The molecule has 0 saturated heterocycles. The zero-order valence-electron chi connectivity index (χ0n) is 19.3. The van der Waals surface area contributed by atoms with Crippen molar-refractivity contribution in [1.29, 1.82) is 0 Å². The summed E-state index contributed by atoms with van der Waals surface area (Å²) in [7, 11) is 0. The standard InChI is InChI=1S/C29H20N2O4S/c1-18(28(32)31-22-13-5-8-16-25(22)36-26-17-9-6-14-23(26)31)34-29(33)20-11-3-2-10-19(20)27-30-21-12-4-7-15-24(21)35-27/h2-18H,1H3. The fraction of sp³-hybridized carbons (Fsp3) is 0.0690. The zero-order valence-corrected chi connectivity index (χ0v) is 20.1. The summed E-state index contributed by atoms with van der Waals surface area (Å²) in [5, 5.41) is 0. The monoisotopic (exact) mass is 492 g/mol. The molecule has 6 rings (SSSR count). The number of amides is 1. The highest BCUT2D eigenvalue weighted by atomic mass is 32.2. The van der Waals surface area contributed by atoms with E-state index in [4.69, 9.17) is 9.15 Å². The number of carbonyl (C=O) groups excluding carboxylic acids is 2. The van der Waals surface area contributed by atoms with Gasteiger partial charge in [-0.15, -0.1) is 0 Å². The van der Waals surface area contributed by atoms with E-state index >= 15 is 0 Å². The fourth-order valence-electron chi connectivity index (χ4n) is 4.23. The second kappa shape index (κ2) is 9.02. The van der Waals surface area contributed by atoms with Crippen molar-refractivity contribution in [1.82, 2.24) is 4.98 Å². The first-order valence-electron chi connectivity index (χ1n) is 11.5. The van der Waals surface area contributed by atoms with Crippen LogP contribution in [-0.2, 0) is 9.53 Å². The molecule has 7 heteroatoms. The molecule has 0 radical (unpaired) electrons. The molecule has 1 unspecified atom stereocenters. The van der Waals surface area contributed by atoms with Gasteiger partial charge in [0.1, 0.15) is 5.52 Å². The lowest BCUT2D eigenvalue weighted by Crippen LogP contribution is -2.38. The number of ether oxygens (including phenoxy) is 1. The second-order valence-corrected chi connectivity index (χ2v) is 9.37. The highest BCUT2D eigenvalue weighted by Crippen LogP contribution is 2.48.